The summed E-state index contributed by atoms with van der Waals surface area (Å²) in [6.45, 7) is 8.97. The van der Waals surface area contributed by atoms with E-state index in [0.717, 1.165) is 0 Å². The molecule has 0 aliphatic carbocycles. The van der Waals surface area contributed by atoms with Crippen molar-refractivity contribution in [2.24, 2.45) is 4.99 Å². The van der Waals surface area contributed by atoms with Crippen LogP contribution in [0.5, 0.6) is 11.5 Å². The first kappa shape index (κ1) is 27.1. The Kier molecular flexibility index (Phi) is 7.68. The second-order valence-corrected chi connectivity index (χ2v) is 9.58. The van der Waals surface area contributed by atoms with Crippen LogP contribution in [0.25, 0.3) is 5.52 Å². The van der Waals surface area contributed by atoms with Crippen LogP contribution in [0.2, 0.25) is 5.02 Å². The summed E-state index contributed by atoms with van der Waals surface area (Å²) in [7, 11) is 1.57. The molecule has 10 heteroatoms. The van der Waals surface area contributed by atoms with Gasteiger partial charge in [0.15, 0.2) is 5.82 Å². The summed E-state index contributed by atoms with van der Waals surface area (Å²) in [4.78, 5) is 26.5. The van der Waals surface area contributed by atoms with E-state index >= 15 is 4.39 Å². The summed E-state index contributed by atoms with van der Waals surface area (Å²) in [5.41, 5.74) is 8.70. The minimum atomic E-state index is -0.896. The second kappa shape index (κ2) is 10.8. The zero-order chi connectivity index (χ0) is 27.7. The molecule has 1 amide bonds. The van der Waals surface area contributed by atoms with E-state index in [1.165, 1.54) is 6.07 Å². The molecule has 1 atom stereocenters. The number of hydrogen-bond acceptors (Lipinski definition) is 6. The van der Waals surface area contributed by atoms with Gasteiger partial charge in [-0.2, -0.15) is 0 Å². The minimum absolute atomic E-state index is 0.0714. The predicted octanol–water partition coefficient (Wildman–Crippen LogP) is 6.01. The Morgan fingerprint density at radius 1 is 1.21 bits per heavy atom. The molecule has 0 bridgehead atoms. The third kappa shape index (κ3) is 5.06. The van der Waals surface area contributed by atoms with E-state index in [1.54, 1.807) is 64.5 Å². The van der Waals surface area contributed by atoms with Gasteiger partial charge >= 0.3 is 0 Å². The van der Waals surface area contributed by atoms with Crippen molar-refractivity contribution in [3.63, 3.8) is 0 Å². The normalized spacial score (nSPS) is 12.7. The third-order valence-electron chi connectivity index (χ3n) is 6.18. The van der Waals surface area contributed by atoms with E-state index in [-0.39, 0.29) is 22.4 Å². The molecule has 2 aromatic carbocycles. The lowest BCUT2D eigenvalue weighted by Crippen LogP contribution is -2.16. The minimum Gasteiger partial charge on any atom is -0.497 e. The summed E-state index contributed by atoms with van der Waals surface area (Å²) < 4.78 is 28.6. The first-order valence-corrected chi connectivity index (χ1v) is 12.4. The monoisotopic (exact) mass is 537 g/mol. The van der Waals surface area contributed by atoms with Crippen LogP contribution in [-0.2, 0) is 0 Å². The largest absolute Gasteiger partial charge is 0.497 e. The number of aliphatic imine (C=N–C) groups is 1. The highest BCUT2D eigenvalue weighted by Crippen LogP contribution is 2.40. The van der Waals surface area contributed by atoms with Crippen molar-refractivity contribution in [2.45, 2.75) is 46.6 Å². The van der Waals surface area contributed by atoms with Gasteiger partial charge in [0.2, 0.25) is 0 Å². The lowest BCUT2D eigenvalue weighted by atomic mass is 9.95. The molecule has 198 valence electrons. The molecule has 4 aromatic rings. The van der Waals surface area contributed by atoms with Gasteiger partial charge in [0, 0.05) is 29.6 Å². The fourth-order valence-electron chi connectivity index (χ4n) is 4.32. The number of aryl methyl sites for hydroxylation is 1. The molecule has 0 saturated heterocycles. The number of carbonyl (C=O) groups is 1. The van der Waals surface area contributed by atoms with Crippen molar-refractivity contribution >= 4 is 34.6 Å². The number of amides is 1. The number of benzene rings is 2. The molecule has 0 saturated carbocycles. The quantitative estimate of drug-likeness (QED) is 0.289. The van der Waals surface area contributed by atoms with E-state index in [2.05, 4.69) is 9.98 Å². The molecule has 0 aliphatic heterocycles. The lowest BCUT2D eigenvalue weighted by molar-refractivity contribution is 0.0992. The summed E-state index contributed by atoms with van der Waals surface area (Å²) >= 11 is 6.34. The topological polar surface area (TPSA) is 104 Å². The molecule has 2 N–H and O–H groups in total. The van der Waals surface area contributed by atoms with Crippen LogP contribution in [0, 0.1) is 12.7 Å². The third-order valence-corrected chi connectivity index (χ3v) is 6.46. The van der Waals surface area contributed by atoms with Crippen LogP contribution in [0.3, 0.4) is 0 Å². The number of imidazole rings is 1. The number of anilines is 1. The Hall–Kier alpha value is -3.98. The van der Waals surface area contributed by atoms with Gasteiger partial charge in [-0.05, 0) is 63.6 Å². The first-order chi connectivity index (χ1) is 18.0. The molecular formula is C28H29ClFN5O3. The number of ether oxygens (including phenoxy) is 2. The zero-order valence-corrected chi connectivity index (χ0v) is 22.8. The number of carbonyl (C=O) groups excluding carboxylic acids is 1. The predicted molar refractivity (Wildman–Crippen MR) is 146 cm³/mol. The SMILES string of the molecule is COc1ccc(C(C)=NC(=O)c2c(F)c(Cl)cc([C@H](C)c3nc(C)c4c(N)nccn34)c2OC(C)C)cc1. The Labute approximate surface area is 225 Å². The molecule has 0 unspecified atom stereocenters. The summed E-state index contributed by atoms with van der Waals surface area (Å²) in [5, 5.41) is -0.220. The van der Waals surface area contributed by atoms with Crippen LogP contribution in [0.1, 0.15) is 66.6 Å². The highest BCUT2D eigenvalue weighted by molar-refractivity contribution is 6.31. The number of hydrogen-bond donors (Lipinski definition) is 1. The van der Waals surface area contributed by atoms with Crippen LogP contribution < -0.4 is 15.2 Å². The Balaban J connectivity index is 1.87. The summed E-state index contributed by atoms with van der Waals surface area (Å²) in [6.07, 6.45) is 2.97. The van der Waals surface area contributed by atoms with Gasteiger partial charge in [0.1, 0.15) is 34.2 Å². The molecule has 2 heterocycles. The number of aromatic nitrogens is 3. The molecular weight excluding hydrogens is 509 g/mol. The maximum absolute atomic E-state index is 15.5. The van der Waals surface area contributed by atoms with E-state index in [9.17, 15) is 4.79 Å². The number of nitrogens with zero attached hydrogens (tertiary/aromatic N) is 4. The number of rotatable bonds is 7. The number of methoxy groups -OCH3 is 1. The fourth-order valence-corrected chi connectivity index (χ4v) is 4.53. The highest BCUT2D eigenvalue weighted by atomic mass is 35.5. The Morgan fingerprint density at radius 3 is 2.53 bits per heavy atom. The van der Waals surface area contributed by atoms with Crippen molar-refractivity contribution in [1.82, 2.24) is 14.4 Å². The smallest absolute Gasteiger partial charge is 0.284 e. The molecule has 38 heavy (non-hydrogen) atoms. The van der Waals surface area contributed by atoms with Crippen molar-refractivity contribution in [1.29, 1.82) is 0 Å². The molecule has 0 aliphatic rings. The van der Waals surface area contributed by atoms with E-state index in [0.29, 0.717) is 45.4 Å². The average molecular weight is 538 g/mol. The lowest BCUT2D eigenvalue weighted by Gasteiger charge is -2.22. The number of nitrogens with two attached hydrogens (primary N) is 1. The average Bonchev–Trinajstić information content (AvgIpc) is 3.22. The Morgan fingerprint density at radius 2 is 1.89 bits per heavy atom. The van der Waals surface area contributed by atoms with Gasteiger partial charge in [0.05, 0.1) is 23.9 Å². The highest BCUT2D eigenvalue weighted by Gasteiger charge is 2.30. The van der Waals surface area contributed by atoms with Gasteiger partial charge in [-0.3, -0.25) is 9.20 Å². The number of fused-ring (bicyclic) bond motifs is 1. The fraction of sp³-hybridized carbons (Fsp3) is 0.286. The van der Waals surface area contributed by atoms with E-state index in [1.807, 2.05) is 18.2 Å². The zero-order valence-electron chi connectivity index (χ0n) is 22.0. The van der Waals surface area contributed by atoms with Crippen molar-refractivity contribution in [3.8, 4) is 11.5 Å². The standard InChI is InChI=1S/C28H29ClFN5O3/c1-14(2)38-25-20(15(3)27-33-17(5)24-26(31)32-11-12-35(24)27)13-21(29)23(30)22(25)28(36)34-16(4)18-7-9-19(37-6)10-8-18/h7-15H,1-6H3,(H2,31,32)/t15-/m0/s1. The van der Waals surface area contributed by atoms with Crippen molar-refractivity contribution < 1.29 is 18.7 Å². The van der Waals surface area contributed by atoms with E-state index < -0.39 is 17.6 Å². The van der Waals surface area contributed by atoms with Crippen LogP contribution >= 0.6 is 11.6 Å². The van der Waals surface area contributed by atoms with Gasteiger partial charge in [0.25, 0.3) is 5.91 Å². The molecule has 8 nitrogen and oxygen atoms in total. The molecule has 2 aromatic heterocycles. The van der Waals surface area contributed by atoms with E-state index in [4.69, 9.17) is 31.8 Å². The summed E-state index contributed by atoms with van der Waals surface area (Å²) in [5.74, 6) is -0.471. The molecule has 0 spiro atoms. The van der Waals surface area contributed by atoms with Gasteiger partial charge in [-0.25, -0.2) is 19.4 Å². The molecule has 0 fully saturated rings. The summed E-state index contributed by atoms with van der Waals surface area (Å²) in [6, 6.07) is 8.52. The number of nitrogen functional groups attached to an aromatic ring is 1. The second-order valence-electron chi connectivity index (χ2n) is 9.17. The molecule has 0 radical (unpaired) electrons. The van der Waals surface area contributed by atoms with Gasteiger partial charge in [-0.15, -0.1) is 0 Å². The Bertz CT molecular complexity index is 1550. The van der Waals surface area contributed by atoms with Crippen LogP contribution in [-0.4, -0.2) is 39.2 Å². The maximum Gasteiger partial charge on any atom is 0.284 e. The molecule has 4 rings (SSSR count). The first-order valence-electron chi connectivity index (χ1n) is 12.0. The van der Waals surface area contributed by atoms with Crippen molar-refractivity contribution in [3.05, 3.63) is 81.8 Å². The van der Waals surface area contributed by atoms with Gasteiger partial charge < -0.3 is 15.2 Å². The number of halogens is 2. The van der Waals surface area contributed by atoms with Crippen molar-refractivity contribution in [2.75, 3.05) is 12.8 Å². The van der Waals surface area contributed by atoms with Crippen LogP contribution in [0.15, 0.2) is 47.7 Å². The van der Waals surface area contributed by atoms with Crippen LogP contribution in [0.4, 0.5) is 10.2 Å². The van der Waals surface area contributed by atoms with Gasteiger partial charge in [-0.1, -0.05) is 18.5 Å². The maximum atomic E-state index is 15.5.